The van der Waals surface area contributed by atoms with E-state index >= 15 is 0 Å². The average molecular weight is 359 g/mol. The Bertz CT molecular complexity index is 508. The molecule has 0 bridgehead atoms. The van der Waals surface area contributed by atoms with Gasteiger partial charge in [0.2, 0.25) is 0 Å². The molecule has 0 unspecified atom stereocenters. The van der Waals surface area contributed by atoms with Crippen molar-refractivity contribution in [1.82, 2.24) is 0 Å². The van der Waals surface area contributed by atoms with E-state index in [4.69, 9.17) is 0 Å². The molecule has 20 heavy (non-hydrogen) atoms. The fourth-order valence-corrected chi connectivity index (χ4v) is 3.91. The SMILES string of the molecule is CC1(C)CCN(c2ccc([N+](=O)[O-])cc2CBr)CCS1. The van der Waals surface area contributed by atoms with Gasteiger partial charge >= 0.3 is 0 Å². The second-order valence-electron chi connectivity index (χ2n) is 5.55. The minimum Gasteiger partial charge on any atom is -0.370 e. The predicted molar refractivity (Wildman–Crippen MR) is 89.1 cm³/mol. The van der Waals surface area contributed by atoms with Crippen molar-refractivity contribution in [3.05, 3.63) is 33.9 Å². The van der Waals surface area contributed by atoms with Crippen LogP contribution >= 0.6 is 27.7 Å². The third-order valence-corrected chi connectivity index (χ3v) is 5.57. The molecule has 6 heteroatoms. The highest BCUT2D eigenvalue weighted by molar-refractivity contribution is 9.08. The summed E-state index contributed by atoms with van der Waals surface area (Å²) >= 11 is 5.45. The van der Waals surface area contributed by atoms with E-state index < -0.39 is 0 Å². The van der Waals surface area contributed by atoms with E-state index in [9.17, 15) is 10.1 Å². The molecule has 1 saturated heterocycles. The topological polar surface area (TPSA) is 46.4 Å². The van der Waals surface area contributed by atoms with E-state index in [1.807, 2.05) is 17.8 Å². The molecule has 1 fully saturated rings. The first-order chi connectivity index (χ1) is 9.43. The average Bonchev–Trinajstić information content (AvgIpc) is 2.59. The molecule has 1 aromatic carbocycles. The third-order valence-electron chi connectivity index (χ3n) is 3.60. The van der Waals surface area contributed by atoms with Gasteiger partial charge in [0.15, 0.2) is 0 Å². The quantitative estimate of drug-likeness (QED) is 0.461. The second-order valence-corrected chi connectivity index (χ2v) is 7.91. The first-order valence-electron chi connectivity index (χ1n) is 6.65. The zero-order valence-corrected chi connectivity index (χ0v) is 14.2. The van der Waals surface area contributed by atoms with Crippen LogP contribution in [0.3, 0.4) is 0 Å². The van der Waals surface area contributed by atoms with Crippen molar-refractivity contribution in [2.75, 3.05) is 23.7 Å². The molecule has 2 rings (SSSR count). The van der Waals surface area contributed by atoms with Crippen LogP contribution in [0.4, 0.5) is 11.4 Å². The fourth-order valence-electron chi connectivity index (χ4n) is 2.36. The van der Waals surface area contributed by atoms with Crippen LogP contribution in [0.25, 0.3) is 0 Å². The van der Waals surface area contributed by atoms with E-state index in [0.717, 1.165) is 36.5 Å². The van der Waals surface area contributed by atoms with Crippen molar-refractivity contribution in [2.24, 2.45) is 0 Å². The molecule has 0 amide bonds. The van der Waals surface area contributed by atoms with Gasteiger partial charge in [-0.3, -0.25) is 10.1 Å². The van der Waals surface area contributed by atoms with Gasteiger partial charge in [-0.05, 0) is 18.1 Å². The minimum atomic E-state index is -0.336. The molecule has 0 N–H and O–H groups in total. The monoisotopic (exact) mass is 358 g/mol. The van der Waals surface area contributed by atoms with Gasteiger partial charge in [-0.25, -0.2) is 0 Å². The number of thioether (sulfide) groups is 1. The Morgan fingerprint density at radius 3 is 2.85 bits per heavy atom. The molecule has 4 nitrogen and oxygen atoms in total. The van der Waals surface area contributed by atoms with Crippen LogP contribution in [-0.2, 0) is 5.33 Å². The largest absolute Gasteiger partial charge is 0.370 e. The van der Waals surface area contributed by atoms with Crippen molar-refractivity contribution >= 4 is 39.1 Å². The summed E-state index contributed by atoms with van der Waals surface area (Å²) in [5.41, 5.74) is 2.27. The fraction of sp³-hybridized carbons (Fsp3) is 0.571. The maximum absolute atomic E-state index is 10.9. The van der Waals surface area contributed by atoms with E-state index in [0.29, 0.717) is 10.1 Å². The standard InChI is InChI=1S/C14H19BrN2O2S/c1-14(2)5-6-16(7-8-20-14)13-4-3-12(17(18)19)9-11(13)10-15/h3-4,9H,5-8,10H2,1-2H3. The first kappa shape index (κ1) is 15.6. The van der Waals surface area contributed by atoms with Crippen LogP contribution in [0.5, 0.6) is 0 Å². The van der Waals surface area contributed by atoms with Crippen LogP contribution in [0.2, 0.25) is 0 Å². The van der Waals surface area contributed by atoms with Gasteiger partial charge in [0.05, 0.1) is 4.92 Å². The molecule has 1 heterocycles. The molecule has 0 aromatic heterocycles. The van der Waals surface area contributed by atoms with Gasteiger partial charge in [-0.1, -0.05) is 29.8 Å². The minimum absolute atomic E-state index is 0.160. The van der Waals surface area contributed by atoms with E-state index in [2.05, 4.69) is 34.7 Å². The number of rotatable bonds is 3. The highest BCUT2D eigenvalue weighted by atomic mass is 79.9. The van der Waals surface area contributed by atoms with Crippen LogP contribution in [0, 0.1) is 10.1 Å². The van der Waals surface area contributed by atoms with Crippen molar-refractivity contribution in [3.63, 3.8) is 0 Å². The molecular weight excluding hydrogens is 340 g/mol. The summed E-state index contributed by atoms with van der Waals surface area (Å²) in [6, 6.07) is 5.16. The molecule has 0 aliphatic carbocycles. The number of nitro benzene ring substituents is 1. The molecule has 1 aliphatic rings. The molecule has 1 aliphatic heterocycles. The van der Waals surface area contributed by atoms with Crippen molar-refractivity contribution in [3.8, 4) is 0 Å². The Labute approximate surface area is 132 Å². The summed E-state index contributed by atoms with van der Waals surface area (Å²) in [4.78, 5) is 12.9. The number of alkyl halides is 1. The number of hydrogen-bond donors (Lipinski definition) is 0. The predicted octanol–water partition coefficient (Wildman–Crippen LogP) is 4.21. The van der Waals surface area contributed by atoms with E-state index in [-0.39, 0.29) is 10.6 Å². The molecule has 0 saturated carbocycles. The normalized spacial score (nSPS) is 18.6. The zero-order chi connectivity index (χ0) is 14.8. The summed E-state index contributed by atoms with van der Waals surface area (Å²) in [6.45, 7) is 6.55. The van der Waals surface area contributed by atoms with Gasteiger partial charge in [0, 0.05) is 46.7 Å². The smallest absolute Gasteiger partial charge is 0.269 e. The lowest BCUT2D eigenvalue weighted by Gasteiger charge is -2.26. The number of non-ortho nitro benzene ring substituents is 1. The maximum Gasteiger partial charge on any atom is 0.269 e. The highest BCUT2D eigenvalue weighted by Gasteiger charge is 2.25. The third kappa shape index (κ3) is 3.67. The van der Waals surface area contributed by atoms with Crippen LogP contribution in [0.1, 0.15) is 25.8 Å². The van der Waals surface area contributed by atoms with Crippen LogP contribution in [-0.4, -0.2) is 28.5 Å². The van der Waals surface area contributed by atoms with Gasteiger partial charge in [-0.2, -0.15) is 11.8 Å². The number of hydrogen-bond acceptors (Lipinski definition) is 4. The lowest BCUT2D eigenvalue weighted by atomic mass is 10.1. The molecule has 0 spiro atoms. The lowest BCUT2D eigenvalue weighted by Crippen LogP contribution is -2.27. The Morgan fingerprint density at radius 2 is 2.20 bits per heavy atom. The van der Waals surface area contributed by atoms with Crippen LogP contribution in [0.15, 0.2) is 18.2 Å². The molecule has 1 aromatic rings. The number of halogens is 1. The van der Waals surface area contributed by atoms with E-state index in [1.54, 1.807) is 12.1 Å². The first-order valence-corrected chi connectivity index (χ1v) is 8.76. The maximum atomic E-state index is 10.9. The summed E-state index contributed by atoms with van der Waals surface area (Å²) in [5, 5.41) is 11.5. The summed E-state index contributed by atoms with van der Waals surface area (Å²) in [6.07, 6.45) is 1.12. The number of benzene rings is 1. The van der Waals surface area contributed by atoms with Gasteiger partial charge in [0.1, 0.15) is 0 Å². The number of nitro groups is 1. The van der Waals surface area contributed by atoms with Crippen molar-refractivity contribution in [2.45, 2.75) is 30.3 Å². The number of anilines is 1. The van der Waals surface area contributed by atoms with E-state index in [1.165, 1.54) is 0 Å². The van der Waals surface area contributed by atoms with Crippen LogP contribution < -0.4 is 4.90 Å². The summed E-state index contributed by atoms with van der Waals surface area (Å²) in [5.74, 6) is 1.09. The molecule has 110 valence electrons. The Morgan fingerprint density at radius 1 is 1.45 bits per heavy atom. The van der Waals surface area contributed by atoms with Gasteiger partial charge in [0.25, 0.3) is 5.69 Å². The Balaban J connectivity index is 2.25. The zero-order valence-electron chi connectivity index (χ0n) is 11.8. The second kappa shape index (κ2) is 6.35. The molecule has 0 atom stereocenters. The summed E-state index contributed by atoms with van der Waals surface area (Å²) < 4.78 is 0.310. The lowest BCUT2D eigenvalue weighted by molar-refractivity contribution is -0.384. The Hall–Kier alpha value is -0.750. The highest BCUT2D eigenvalue weighted by Crippen LogP contribution is 2.34. The van der Waals surface area contributed by atoms with Gasteiger partial charge < -0.3 is 4.90 Å². The Kier molecular flexibility index (Phi) is 4.96. The molecule has 0 radical (unpaired) electrons. The van der Waals surface area contributed by atoms with Crippen molar-refractivity contribution in [1.29, 1.82) is 0 Å². The summed E-state index contributed by atoms with van der Waals surface area (Å²) in [7, 11) is 0. The van der Waals surface area contributed by atoms with Crippen molar-refractivity contribution < 1.29 is 4.92 Å². The molecular formula is C14H19BrN2O2S. The van der Waals surface area contributed by atoms with Gasteiger partial charge in [-0.15, -0.1) is 0 Å². The number of nitrogens with zero attached hydrogens (tertiary/aromatic N) is 2.